The van der Waals surface area contributed by atoms with Gasteiger partial charge in [0, 0.05) is 38.3 Å². The van der Waals surface area contributed by atoms with Gasteiger partial charge in [-0.25, -0.2) is 14.6 Å². The van der Waals surface area contributed by atoms with Gasteiger partial charge in [0.25, 0.3) is 0 Å². The number of aromatic amines is 1. The summed E-state index contributed by atoms with van der Waals surface area (Å²) in [4.78, 5) is 39.7. The normalized spacial score (nSPS) is 11.4. The van der Waals surface area contributed by atoms with Crippen LogP contribution in [0.3, 0.4) is 0 Å². The van der Waals surface area contributed by atoms with Crippen LogP contribution in [0.2, 0.25) is 0 Å². The smallest absolute Gasteiger partial charge is 0.326 e. The number of carboxylic acids is 1. The Hall–Kier alpha value is -2.58. The van der Waals surface area contributed by atoms with E-state index in [9.17, 15) is 14.4 Å². The highest BCUT2D eigenvalue weighted by Gasteiger charge is 2.20. The number of nitrogens with one attached hydrogen (secondary N) is 4. The Kier molecular flexibility index (Phi) is 6.01. The van der Waals surface area contributed by atoms with E-state index in [0.717, 1.165) is 0 Å². The number of aromatic nitrogens is 2. The summed E-state index contributed by atoms with van der Waals surface area (Å²) in [6.07, 6.45) is 3.03. The predicted octanol–water partition coefficient (Wildman–Crippen LogP) is -1.16. The van der Waals surface area contributed by atoms with Crippen LogP contribution in [0.4, 0.5) is 4.79 Å². The summed E-state index contributed by atoms with van der Waals surface area (Å²) in [5.74, 6) is -1.34. The highest BCUT2D eigenvalue weighted by Crippen LogP contribution is 1.98. The summed E-state index contributed by atoms with van der Waals surface area (Å²) in [7, 11) is 0. The van der Waals surface area contributed by atoms with E-state index in [1.54, 1.807) is 0 Å². The zero-order chi connectivity index (χ0) is 15.0. The molecule has 1 aromatic rings. The molecule has 20 heavy (non-hydrogen) atoms. The number of urea groups is 1. The van der Waals surface area contributed by atoms with E-state index in [2.05, 4.69) is 25.9 Å². The zero-order valence-corrected chi connectivity index (χ0v) is 11.0. The molecular formula is C11H17N5O4. The first-order valence-electron chi connectivity index (χ1n) is 5.98. The maximum absolute atomic E-state index is 11.5. The summed E-state index contributed by atoms with van der Waals surface area (Å²) in [6, 6.07) is -1.67. The molecular weight excluding hydrogens is 266 g/mol. The summed E-state index contributed by atoms with van der Waals surface area (Å²) < 4.78 is 0. The zero-order valence-electron chi connectivity index (χ0n) is 11.0. The molecule has 0 fully saturated rings. The van der Waals surface area contributed by atoms with Crippen molar-refractivity contribution in [3.8, 4) is 0 Å². The number of carbonyl (C=O) groups is 3. The lowest BCUT2D eigenvalue weighted by Gasteiger charge is -2.14. The molecule has 1 rings (SSSR count). The van der Waals surface area contributed by atoms with Gasteiger partial charge in [0.05, 0.1) is 6.33 Å². The second-order valence-corrected chi connectivity index (χ2v) is 4.05. The van der Waals surface area contributed by atoms with Crippen molar-refractivity contribution in [3.05, 3.63) is 18.2 Å². The van der Waals surface area contributed by atoms with Crippen molar-refractivity contribution in [2.24, 2.45) is 0 Å². The number of rotatable bonds is 7. The molecule has 1 unspecified atom stereocenters. The number of aliphatic carboxylic acids is 1. The minimum atomic E-state index is -1.14. The van der Waals surface area contributed by atoms with E-state index < -0.39 is 18.0 Å². The SMILES string of the molecule is CC(=O)NCCNC(=O)NC(Cc1cnc[nH]1)C(=O)O. The minimum Gasteiger partial charge on any atom is -0.480 e. The van der Waals surface area contributed by atoms with Crippen LogP contribution < -0.4 is 16.0 Å². The van der Waals surface area contributed by atoms with E-state index in [1.807, 2.05) is 0 Å². The predicted molar refractivity (Wildman–Crippen MR) is 68.9 cm³/mol. The maximum Gasteiger partial charge on any atom is 0.326 e. The van der Waals surface area contributed by atoms with Crippen molar-refractivity contribution >= 4 is 17.9 Å². The van der Waals surface area contributed by atoms with Gasteiger partial charge in [0.2, 0.25) is 5.91 Å². The molecule has 0 aliphatic carbocycles. The Morgan fingerprint density at radius 3 is 2.60 bits per heavy atom. The number of hydrogen-bond donors (Lipinski definition) is 5. The van der Waals surface area contributed by atoms with Gasteiger partial charge in [-0.3, -0.25) is 4.79 Å². The molecule has 0 aliphatic heterocycles. The van der Waals surface area contributed by atoms with Crippen molar-refractivity contribution in [1.82, 2.24) is 25.9 Å². The third-order valence-electron chi connectivity index (χ3n) is 2.37. The molecule has 9 nitrogen and oxygen atoms in total. The van der Waals surface area contributed by atoms with Crippen molar-refractivity contribution in [1.29, 1.82) is 0 Å². The summed E-state index contributed by atoms with van der Waals surface area (Å²) in [6.45, 7) is 1.85. The van der Waals surface area contributed by atoms with Crippen molar-refractivity contribution in [2.45, 2.75) is 19.4 Å². The summed E-state index contributed by atoms with van der Waals surface area (Å²) in [5, 5.41) is 16.3. The fourth-order valence-corrected chi connectivity index (χ4v) is 1.44. The number of H-pyrrole nitrogens is 1. The van der Waals surface area contributed by atoms with E-state index in [-0.39, 0.29) is 25.4 Å². The molecule has 1 aromatic heterocycles. The van der Waals surface area contributed by atoms with Gasteiger partial charge in [0.1, 0.15) is 6.04 Å². The van der Waals surface area contributed by atoms with Crippen molar-refractivity contribution in [2.75, 3.05) is 13.1 Å². The van der Waals surface area contributed by atoms with Gasteiger partial charge < -0.3 is 26.0 Å². The largest absolute Gasteiger partial charge is 0.480 e. The van der Waals surface area contributed by atoms with E-state index in [4.69, 9.17) is 5.11 Å². The van der Waals surface area contributed by atoms with E-state index in [1.165, 1.54) is 19.4 Å². The van der Waals surface area contributed by atoms with Crippen LogP contribution in [0.15, 0.2) is 12.5 Å². The Bertz CT molecular complexity index is 459. The second-order valence-electron chi connectivity index (χ2n) is 4.05. The molecule has 0 aromatic carbocycles. The first-order valence-corrected chi connectivity index (χ1v) is 5.98. The number of hydrogen-bond acceptors (Lipinski definition) is 4. The Morgan fingerprint density at radius 1 is 1.35 bits per heavy atom. The Labute approximate surface area is 115 Å². The number of imidazole rings is 1. The van der Waals surface area contributed by atoms with Crippen LogP contribution in [-0.4, -0.2) is 52.1 Å². The minimum absolute atomic E-state index is 0.106. The van der Waals surface area contributed by atoms with Gasteiger partial charge in [-0.05, 0) is 0 Å². The van der Waals surface area contributed by atoms with Crippen LogP contribution >= 0.6 is 0 Å². The van der Waals surface area contributed by atoms with Gasteiger partial charge in [-0.1, -0.05) is 0 Å². The number of nitrogens with zero attached hydrogens (tertiary/aromatic N) is 1. The molecule has 0 saturated heterocycles. The fraction of sp³-hybridized carbons (Fsp3) is 0.455. The maximum atomic E-state index is 11.5. The molecule has 0 spiro atoms. The lowest BCUT2D eigenvalue weighted by atomic mass is 10.2. The summed E-state index contributed by atoms with van der Waals surface area (Å²) >= 11 is 0. The molecule has 0 bridgehead atoms. The van der Waals surface area contributed by atoms with Gasteiger partial charge in [-0.2, -0.15) is 0 Å². The Balaban J connectivity index is 2.35. The first kappa shape index (κ1) is 15.5. The summed E-state index contributed by atoms with van der Waals surface area (Å²) in [5.41, 5.74) is 0.607. The third kappa shape index (κ3) is 5.85. The number of amides is 3. The Morgan fingerprint density at radius 2 is 2.05 bits per heavy atom. The van der Waals surface area contributed by atoms with Crippen LogP contribution in [0.1, 0.15) is 12.6 Å². The average Bonchev–Trinajstić information content (AvgIpc) is 2.86. The van der Waals surface area contributed by atoms with Crippen LogP contribution in [0.25, 0.3) is 0 Å². The number of carbonyl (C=O) groups excluding carboxylic acids is 2. The molecule has 110 valence electrons. The lowest BCUT2D eigenvalue weighted by Crippen LogP contribution is -2.48. The third-order valence-corrected chi connectivity index (χ3v) is 2.37. The molecule has 5 N–H and O–H groups in total. The van der Waals surface area contributed by atoms with Crippen molar-refractivity contribution < 1.29 is 19.5 Å². The molecule has 9 heteroatoms. The quantitative estimate of drug-likeness (QED) is 0.402. The molecule has 0 saturated carbocycles. The highest BCUT2D eigenvalue weighted by atomic mass is 16.4. The topological polar surface area (TPSA) is 136 Å². The second kappa shape index (κ2) is 7.77. The van der Waals surface area contributed by atoms with Gasteiger partial charge >= 0.3 is 12.0 Å². The standard InChI is InChI=1S/C11H17N5O4/c1-7(17)13-2-3-14-11(20)16-9(10(18)19)4-8-5-12-6-15-8/h5-6,9H,2-4H2,1H3,(H,12,15)(H,13,17)(H,18,19)(H2,14,16,20). The highest BCUT2D eigenvalue weighted by molar-refractivity contribution is 5.82. The average molecular weight is 283 g/mol. The number of carboxylic acid groups (broad SMARTS) is 1. The van der Waals surface area contributed by atoms with Crippen molar-refractivity contribution in [3.63, 3.8) is 0 Å². The lowest BCUT2D eigenvalue weighted by molar-refractivity contribution is -0.139. The van der Waals surface area contributed by atoms with Crippen LogP contribution in [-0.2, 0) is 16.0 Å². The van der Waals surface area contributed by atoms with Gasteiger partial charge in [0.15, 0.2) is 0 Å². The fourth-order valence-electron chi connectivity index (χ4n) is 1.44. The van der Waals surface area contributed by atoms with Gasteiger partial charge in [-0.15, -0.1) is 0 Å². The van der Waals surface area contributed by atoms with E-state index >= 15 is 0 Å². The molecule has 3 amide bonds. The first-order chi connectivity index (χ1) is 9.49. The van der Waals surface area contributed by atoms with Crippen LogP contribution in [0.5, 0.6) is 0 Å². The molecule has 0 aliphatic rings. The molecule has 1 atom stereocenters. The van der Waals surface area contributed by atoms with Crippen LogP contribution in [0, 0.1) is 0 Å². The van der Waals surface area contributed by atoms with E-state index in [0.29, 0.717) is 5.69 Å². The monoisotopic (exact) mass is 283 g/mol. The molecule has 0 radical (unpaired) electrons. The molecule has 1 heterocycles.